The summed E-state index contributed by atoms with van der Waals surface area (Å²) in [4.78, 5) is 29.7. The molecule has 1 aliphatic carbocycles. The third kappa shape index (κ3) is 4.93. The Morgan fingerprint density at radius 3 is 2.88 bits per heavy atom. The number of methoxy groups -OCH3 is 1. The molecule has 0 spiro atoms. The van der Waals surface area contributed by atoms with E-state index in [-0.39, 0.29) is 29.9 Å². The Kier molecular flexibility index (Phi) is 6.79. The first-order valence-electron chi connectivity index (χ1n) is 10.8. The number of nitrogens with two attached hydrogens (primary N) is 1. The first kappa shape index (κ1) is 22.6. The van der Waals surface area contributed by atoms with Crippen LogP contribution in [-0.4, -0.2) is 27.8 Å². The van der Waals surface area contributed by atoms with Gasteiger partial charge in [-0.3, -0.25) is 14.2 Å². The Labute approximate surface area is 189 Å². The number of hydrogen-bond acceptors (Lipinski definition) is 7. The highest BCUT2D eigenvalue weighted by atomic mass is 19.1. The summed E-state index contributed by atoms with van der Waals surface area (Å²) in [7, 11) is 1.36. The average Bonchev–Trinajstić information content (AvgIpc) is 3.32. The van der Waals surface area contributed by atoms with Gasteiger partial charge in [0.2, 0.25) is 0 Å². The molecule has 0 fully saturated rings. The molecule has 3 aromatic rings. The van der Waals surface area contributed by atoms with Crippen molar-refractivity contribution in [1.29, 1.82) is 0 Å². The molecule has 0 aliphatic heterocycles. The van der Waals surface area contributed by atoms with E-state index < -0.39 is 0 Å². The summed E-state index contributed by atoms with van der Waals surface area (Å²) in [5.41, 5.74) is 7.32. The number of aryl methyl sites for hydroxylation is 1. The number of benzene rings is 1. The Bertz CT molecular complexity index is 1290. The van der Waals surface area contributed by atoms with Crippen molar-refractivity contribution >= 4 is 16.9 Å². The number of ether oxygens (including phenoxy) is 1. The maximum absolute atomic E-state index is 13.5. The fourth-order valence-corrected chi connectivity index (χ4v) is 3.90. The summed E-state index contributed by atoms with van der Waals surface area (Å²) in [6.45, 7) is 0.239. The summed E-state index contributed by atoms with van der Waals surface area (Å²) in [6, 6.07) is 6.74. The Morgan fingerprint density at radius 2 is 2.18 bits per heavy atom. The summed E-state index contributed by atoms with van der Waals surface area (Å²) < 4.78 is 25.0. The Hall–Kier alpha value is -3.59. The standard InChI is InChI=1S/C24H25FN4O4/c1-32-23(30)5-3-2-4-22-27-21-12-15(20-13-18(14-26)33-28-20)6-11-19(21)24(31)29(22)17-9-7-16(25)8-10-17/h6-9,11-13,17H,2-5,10,14,26H2,1H3. The molecule has 9 heteroatoms. The minimum Gasteiger partial charge on any atom is -0.469 e. The number of esters is 1. The molecule has 1 atom stereocenters. The van der Waals surface area contributed by atoms with Gasteiger partial charge in [-0.15, -0.1) is 0 Å². The lowest BCUT2D eigenvalue weighted by atomic mass is 10.1. The molecule has 0 saturated carbocycles. The highest BCUT2D eigenvalue weighted by Crippen LogP contribution is 2.26. The van der Waals surface area contributed by atoms with E-state index in [4.69, 9.17) is 20.0 Å². The molecule has 0 radical (unpaired) electrons. The molecule has 0 saturated heterocycles. The van der Waals surface area contributed by atoms with Crippen LogP contribution in [0.25, 0.3) is 22.2 Å². The van der Waals surface area contributed by atoms with Crippen molar-refractivity contribution in [2.75, 3.05) is 7.11 Å². The van der Waals surface area contributed by atoms with E-state index in [0.29, 0.717) is 60.3 Å². The quantitative estimate of drug-likeness (QED) is 0.409. The van der Waals surface area contributed by atoms with Gasteiger partial charge >= 0.3 is 5.97 Å². The lowest BCUT2D eigenvalue weighted by molar-refractivity contribution is -0.140. The Balaban J connectivity index is 1.72. The third-order valence-electron chi connectivity index (χ3n) is 5.65. The van der Waals surface area contributed by atoms with Crippen LogP contribution in [0.1, 0.15) is 43.3 Å². The van der Waals surface area contributed by atoms with E-state index in [0.717, 1.165) is 5.56 Å². The lowest BCUT2D eigenvalue weighted by Gasteiger charge is -2.21. The third-order valence-corrected chi connectivity index (χ3v) is 5.65. The molecule has 1 unspecified atom stereocenters. The average molecular weight is 452 g/mol. The van der Waals surface area contributed by atoms with E-state index in [1.165, 1.54) is 19.3 Å². The first-order valence-corrected chi connectivity index (χ1v) is 10.8. The van der Waals surface area contributed by atoms with Gasteiger partial charge in [-0.05, 0) is 43.5 Å². The molecule has 1 aliphatic rings. The number of hydrogen-bond donors (Lipinski definition) is 1. The van der Waals surface area contributed by atoms with Crippen LogP contribution >= 0.6 is 0 Å². The molecule has 0 amide bonds. The SMILES string of the molecule is COC(=O)CCCCc1nc2cc(-c3cc(CN)on3)ccc2c(=O)n1C1C=CC(F)=CC1. The summed E-state index contributed by atoms with van der Waals surface area (Å²) in [6.07, 6.45) is 6.92. The maximum Gasteiger partial charge on any atom is 0.305 e. The van der Waals surface area contributed by atoms with Crippen LogP contribution < -0.4 is 11.3 Å². The van der Waals surface area contributed by atoms with E-state index in [9.17, 15) is 14.0 Å². The van der Waals surface area contributed by atoms with Crippen LogP contribution in [0.5, 0.6) is 0 Å². The number of halogens is 1. The topological polar surface area (TPSA) is 113 Å². The van der Waals surface area contributed by atoms with Crippen molar-refractivity contribution in [2.45, 2.75) is 44.7 Å². The van der Waals surface area contributed by atoms with Gasteiger partial charge in [-0.1, -0.05) is 17.3 Å². The number of allylic oxidation sites excluding steroid dienone is 4. The van der Waals surface area contributed by atoms with E-state index in [1.807, 2.05) is 0 Å². The van der Waals surface area contributed by atoms with Crippen molar-refractivity contribution in [3.8, 4) is 11.3 Å². The van der Waals surface area contributed by atoms with E-state index in [1.54, 1.807) is 34.9 Å². The van der Waals surface area contributed by atoms with Gasteiger partial charge in [0.05, 0.1) is 30.6 Å². The number of carbonyl (C=O) groups is 1. The van der Waals surface area contributed by atoms with Crippen molar-refractivity contribution in [3.05, 3.63) is 70.3 Å². The fourth-order valence-electron chi connectivity index (χ4n) is 3.90. The van der Waals surface area contributed by atoms with Crippen LogP contribution in [-0.2, 0) is 22.5 Å². The van der Waals surface area contributed by atoms with Crippen molar-refractivity contribution < 1.29 is 18.4 Å². The number of carbonyl (C=O) groups excluding carboxylic acids is 1. The van der Waals surface area contributed by atoms with Gasteiger partial charge in [0.15, 0.2) is 5.76 Å². The first-order chi connectivity index (χ1) is 16.0. The molecule has 8 nitrogen and oxygen atoms in total. The Morgan fingerprint density at radius 1 is 1.33 bits per heavy atom. The van der Waals surface area contributed by atoms with Gasteiger partial charge in [-0.2, -0.15) is 0 Å². The van der Waals surface area contributed by atoms with Crippen LogP contribution in [0.2, 0.25) is 0 Å². The lowest BCUT2D eigenvalue weighted by Crippen LogP contribution is -2.29. The maximum atomic E-state index is 13.5. The van der Waals surface area contributed by atoms with Crippen LogP contribution in [0.4, 0.5) is 4.39 Å². The van der Waals surface area contributed by atoms with Gasteiger partial charge in [-0.25, -0.2) is 9.37 Å². The number of aromatic nitrogens is 3. The van der Waals surface area contributed by atoms with Crippen LogP contribution in [0.15, 0.2) is 57.6 Å². The second kappa shape index (κ2) is 9.91. The monoisotopic (exact) mass is 452 g/mol. The van der Waals surface area contributed by atoms with Gasteiger partial charge in [0, 0.05) is 24.5 Å². The predicted octanol–water partition coefficient (Wildman–Crippen LogP) is 3.75. The van der Waals surface area contributed by atoms with Gasteiger partial charge in [0.1, 0.15) is 17.3 Å². The summed E-state index contributed by atoms with van der Waals surface area (Å²) in [5, 5.41) is 4.49. The number of nitrogens with zero attached hydrogens (tertiary/aromatic N) is 3. The highest BCUT2D eigenvalue weighted by molar-refractivity contribution is 5.83. The number of fused-ring (bicyclic) bond motifs is 1. The van der Waals surface area contributed by atoms with Gasteiger partial charge in [0.25, 0.3) is 5.56 Å². The van der Waals surface area contributed by atoms with Crippen molar-refractivity contribution in [1.82, 2.24) is 14.7 Å². The molecule has 1 aromatic carbocycles. The highest BCUT2D eigenvalue weighted by Gasteiger charge is 2.20. The minimum atomic E-state index is -0.327. The zero-order valence-corrected chi connectivity index (χ0v) is 18.3. The molecule has 4 rings (SSSR count). The van der Waals surface area contributed by atoms with Crippen LogP contribution in [0, 0.1) is 0 Å². The number of rotatable bonds is 8. The molecule has 0 bridgehead atoms. The van der Waals surface area contributed by atoms with Crippen molar-refractivity contribution in [3.63, 3.8) is 0 Å². The molecular weight excluding hydrogens is 427 g/mol. The van der Waals surface area contributed by atoms with E-state index >= 15 is 0 Å². The second-order valence-electron chi connectivity index (χ2n) is 7.85. The zero-order valence-electron chi connectivity index (χ0n) is 18.3. The largest absolute Gasteiger partial charge is 0.469 e. The summed E-state index contributed by atoms with van der Waals surface area (Å²) in [5.74, 6) is 0.553. The summed E-state index contributed by atoms with van der Waals surface area (Å²) >= 11 is 0. The zero-order chi connectivity index (χ0) is 23.4. The molecular formula is C24H25FN4O4. The molecule has 2 aromatic heterocycles. The smallest absolute Gasteiger partial charge is 0.305 e. The fraction of sp³-hybridized carbons (Fsp3) is 0.333. The predicted molar refractivity (Wildman–Crippen MR) is 121 cm³/mol. The molecule has 172 valence electrons. The molecule has 33 heavy (non-hydrogen) atoms. The normalized spacial score (nSPS) is 15.6. The number of unbranched alkanes of at least 4 members (excludes halogenated alkanes) is 1. The second-order valence-corrected chi connectivity index (χ2v) is 7.85. The minimum absolute atomic E-state index is 0.192. The van der Waals surface area contributed by atoms with Crippen LogP contribution in [0.3, 0.4) is 0 Å². The van der Waals surface area contributed by atoms with Crippen molar-refractivity contribution in [2.24, 2.45) is 5.73 Å². The van der Waals surface area contributed by atoms with Gasteiger partial charge < -0.3 is 15.0 Å². The molecule has 2 N–H and O–H groups in total. The van der Waals surface area contributed by atoms with E-state index in [2.05, 4.69) is 5.16 Å². The molecule has 2 heterocycles.